The first kappa shape index (κ1) is 19.5. The van der Waals surface area contributed by atoms with Crippen LogP contribution in [0.4, 0.5) is 10.5 Å². The van der Waals surface area contributed by atoms with Crippen LogP contribution in [0.15, 0.2) is 35.0 Å². The molecule has 4 amide bonds. The minimum absolute atomic E-state index is 0.298. The van der Waals surface area contributed by atoms with Gasteiger partial charge < -0.3 is 10.1 Å². The van der Waals surface area contributed by atoms with Crippen molar-refractivity contribution in [1.29, 1.82) is 0 Å². The molecular formula is C20H23N4O4+. The molecule has 28 heavy (non-hydrogen) atoms. The maximum absolute atomic E-state index is 13.0. The highest BCUT2D eigenvalue weighted by Crippen LogP contribution is 2.25. The van der Waals surface area contributed by atoms with Crippen LogP contribution >= 0.6 is 0 Å². The number of urea groups is 1. The number of fused-ring (bicyclic) bond motifs is 1. The number of anilines is 1. The van der Waals surface area contributed by atoms with Crippen molar-refractivity contribution in [2.24, 2.45) is 10.9 Å². The first-order valence-electron chi connectivity index (χ1n) is 9.03. The number of dihydropyridines is 1. The topological polar surface area (TPSA) is 91.1 Å². The number of amides is 4. The lowest BCUT2D eigenvalue weighted by molar-refractivity contribution is -0.408. The van der Waals surface area contributed by atoms with Gasteiger partial charge in [-0.25, -0.2) is 4.79 Å². The Balaban J connectivity index is 1.83. The Kier molecular flexibility index (Phi) is 5.39. The highest BCUT2D eigenvalue weighted by atomic mass is 16.5. The van der Waals surface area contributed by atoms with Crippen LogP contribution in [0.25, 0.3) is 0 Å². The summed E-state index contributed by atoms with van der Waals surface area (Å²) >= 11 is 0. The number of nitrogens with one attached hydrogen (secondary N) is 1. The molecule has 8 nitrogen and oxygen atoms in total. The third kappa shape index (κ3) is 3.58. The van der Waals surface area contributed by atoms with Crippen LogP contribution in [0.3, 0.4) is 0 Å². The molecule has 0 saturated carbocycles. The predicted octanol–water partition coefficient (Wildman–Crippen LogP) is 1.87. The summed E-state index contributed by atoms with van der Waals surface area (Å²) in [6.07, 6.45) is 3.10. The summed E-state index contributed by atoms with van der Waals surface area (Å²) in [5, 5.41) is 2.78. The molecule has 0 radical (unpaired) electrons. The van der Waals surface area contributed by atoms with E-state index < -0.39 is 23.8 Å². The number of allylic oxidation sites excluding steroid dienone is 1. The monoisotopic (exact) mass is 383 g/mol. The van der Waals surface area contributed by atoms with Crippen LogP contribution in [-0.4, -0.2) is 59.6 Å². The van der Waals surface area contributed by atoms with Gasteiger partial charge in [0.1, 0.15) is 12.0 Å². The maximum atomic E-state index is 13.0. The molecule has 1 N–H and O–H groups in total. The van der Waals surface area contributed by atoms with Crippen molar-refractivity contribution >= 4 is 35.6 Å². The number of imide groups is 1. The predicted molar refractivity (Wildman–Crippen MR) is 105 cm³/mol. The van der Waals surface area contributed by atoms with E-state index in [2.05, 4.69) is 10.3 Å². The minimum atomic E-state index is -0.832. The number of hydrogen-bond acceptors (Lipinski definition) is 5. The number of hydrogen-bond donors (Lipinski definition) is 1. The van der Waals surface area contributed by atoms with Gasteiger partial charge in [0.2, 0.25) is 0 Å². The van der Waals surface area contributed by atoms with Crippen molar-refractivity contribution in [3.05, 3.63) is 41.2 Å². The van der Waals surface area contributed by atoms with E-state index in [9.17, 15) is 14.4 Å². The van der Waals surface area contributed by atoms with Crippen molar-refractivity contribution in [2.75, 3.05) is 25.5 Å². The van der Waals surface area contributed by atoms with Crippen molar-refractivity contribution < 1.29 is 23.7 Å². The van der Waals surface area contributed by atoms with Crippen LogP contribution in [0, 0.1) is 19.8 Å². The summed E-state index contributed by atoms with van der Waals surface area (Å²) in [5.41, 5.74) is 2.54. The van der Waals surface area contributed by atoms with Crippen LogP contribution in [-0.2, 0) is 14.3 Å². The largest absolute Gasteiger partial charge is 0.497 e. The van der Waals surface area contributed by atoms with E-state index in [-0.39, 0.29) is 6.54 Å². The summed E-state index contributed by atoms with van der Waals surface area (Å²) in [7, 11) is 1.53. The van der Waals surface area contributed by atoms with Gasteiger partial charge in [-0.05, 0) is 38.0 Å². The Bertz CT molecular complexity index is 946. The molecule has 146 valence electrons. The third-order valence-electron chi connectivity index (χ3n) is 4.64. The van der Waals surface area contributed by atoms with Gasteiger partial charge in [-0.3, -0.25) is 9.59 Å². The lowest BCUT2D eigenvalue weighted by atomic mass is 9.99. The van der Waals surface area contributed by atoms with E-state index in [1.807, 2.05) is 39.0 Å². The molecule has 2 heterocycles. The molecular weight excluding hydrogens is 360 g/mol. The summed E-state index contributed by atoms with van der Waals surface area (Å²) < 4.78 is 6.82. The van der Waals surface area contributed by atoms with Crippen molar-refractivity contribution in [2.45, 2.75) is 20.8 Å². The lowest BCUT2D eigenvalue weighted by Crippen LogP contribution is -2.56. The molecule has 1 aromatic rings. The molecule has 0 aliphatic carbocycles. The Morgan fingerprint density at radius 2 is 2.07 bits per heavy atom. The fraction of sp³-hybridized carbons (Fsp3) is 0.350. The minimum Gasteiger partial charge on any atom is -0.497 e. The first-order chi connectivity index (χ1) is 13.3. The van der Waals surface area contributed by atoms with E-state index in [1.165, 1.54) is 17.8 Å². The Hall–Kier alpha value is -3.29. The highest BCUT2D eigenvalue weighted by Gasteiger charge is 2.50. The fourth-order valence-corrected chi connectivity index (χ4v) is 3.17. The first-order valence-corrected chi connectivity index (χ1v) is 9.03. The van der Waals surface area contributed by atoms with Gasteiger partial charge in [-0.15, -0.1) is 4.99 Å². The Labute approximate surface area is 163 Å². The number of ether oxygens (including phenoxy) is 1. The zero-order valence-corrected chi connectivity index (χ0v) is 16.4. The van der Waals surface area contributed by atoms with Crippen molar-refractivity contribution in [3.63, 3.8) is 0 Å². The second-order valence-electron chi connectivity index (χ2n) is 6.70. The molecule has 3 rings (SSSR count). The zero-order chi connectivity index (χ0) is 20.4. The lowest BCUT2D eigenvalue weighted by Gasteiger charge is -2.28. The molecule has 0 bridgehead atoms. The Morgan fingerprint density at radius 1 is 1.32 bits per heavy atom. The van der Waals surface area contributed by atoms with E-state index in [1.54, 1.807) is 6.08 Å². The van der Waals surface area contributed by atoms with Crippen LogP contribution < -0.4 is 5.32 Å². The summed E-state index contributed by atoms with van der Waals surface area (Å²) in [5.74, 6) is -1.09. The van der Waals surface area contributed by atoms with Gasteiger partial charge in [-0.1, -0.05) is 12.1 Å². The number of benzene rings is 1. The molecule has 0 saturated heterocycles. The summed E-state index contributed by atoms with van der Waals surface area (Å²) in [6, 6.07) is 5.09. The molecule has 0 fully saturated rings. The summed E-state index contributed by atoms with van der Waals surface area (Å²) in [4.78, 5) is 43.3. The summed E-state index contributed by atoms with van der Waals surface area (Å²) in [6.45, 7) is 5.60. The van der Waals surface area contributed by atoms with Gasteiger partial charge in [0.25, 0.3) is 11.7 Å². The molecule has 8 heteroatoms. The number of carbonyl (C=O) groups excluding carboxylic acids is 3. The quantitative estimate of drug-likeness (QED) is 0.786. The van der Waals surface area contributed by atoms with Gasteiger partial charge in [0.05, 0.1) is 13.7 Å². The number of aliphatic imine (C=N–C) groups is 1. The van der Waals surface area contributed by atoms with Gasteiger partial charge in [0.15, 0.2) is 12.5 Å². The average molecular weight is 383 g/mol. The average Bonchev–Trinajstić information content (AvgIpc) is 2.66. The van der Waals surface area contributed by atoms with E-state index in [4.69, 9.17) is 4.74 Å². The maximum Gasteiger partial charge on any atom is 0.446 e. The fourth-order valence-electron chi connectivity index (χ4n) is 3.17. The molecule has 0 spiro atoms. The Morgan fingerprint density at radius 3 is 2.79 bits per heavy atom. The van der Waals surface area contributed by atoms with E-state index in [0.717, 1.165) is 16.0 Å². The van der Waals surface area contributed by atoms with Gasteiger partial charge in [-0.2, -0.15) is 9.48 Å². The zero-order valence-electron chi connectivity index (χ0n) is 16.4. The SMILES string of the molecule is CCOC1=CC=NC2=[N+](C)C(=O)N(CC(=O)Nc3cc(C)ccc3C)C(=O)C12. The van der Waals surface area contributed by atoms with Crippen molar-refractivity contribution in [3.8, 4) is 0 Å². The number of aryl methyl sites for hydroxylation is 2. The smallest absolute Gasteiger partial charge is 0.446 e. The third-order valence-corrected chi connectivity index (χ3v) is 4.64. The number of rotatable bonds is 5. The van der Waals surface area contributed by atoms with E-state index in [0.29, 0.717) is 23.9 Å². The molecule has 2 aliphatic rings. The van der Waals surface area contributed by atoms with Gasteiger partial charge >= 0.3 is 11.9 Å². The molecule has 1 unspecified atom stereocenters. The number of nitrogens with zero attached hydrogens (tertiary/aromatic N) is 3. The molecule has 1 atom stereocenters. The van der Waals surface area contributed by atoms with Gasteiger partial charge in [0, 0.05) is 11.8 Å². The van der Waals surface area contributed by atoms with Crippen molar-refractivity contribution in [1.82, 2.24) is 4.90 Å². The second-order valence-corrected chi connectivity index (χ2v) is 6.70. The molecule has 2 aliphatic heterocycles. The molecule has 0 aromatic heterocycles. The van der Waals surface area contributed by atoms with Crippen LogP contribution in [0.1, 0.15) is 18.1 Å². The molecule has 1 aromatic carbocycles. The second kappa shape index (κ2) is 7.75. The van der Waals surface area contributed by atoms with Crippen LogP contribution in [0.5, 0.6) is 0 Å². The standard InChI is InChI=1S/C20H22N4O4/c1-5-28-15-8-9-21-18-17(15)19(26)24(20(27)23(18)4)11-16(25)22-14-10-12(2)6-7-13(14)3/h6-10,17H,5,11H2,1-4H3/p+1. The highest BCUT2D eigenvalue weighted by molar-refractivity contribution is 6.16. The van der Waals surface area contributed by atoms with E-state index >= 15 is 0 Å². The van der Waals surface area contributed by atoms with Crippen LogP contribution in [0.2, 0.25) is 0 Å². The normalized spacial score (nSPS) is 18.8. The number of carbonyl (C=O) groups is 3. The number of amidine groups is 1.